The molecule has 1 rings (SSSR count). The zero-order chi connectivity index (χ0) is 12.5. The van der Waals surface area contributed by atoms with E-state index in [1.54, 1.807) is 0 Å². The summed E-state index contributed by atoms with van der Waals surface area (Å²) >= 11 is 0. The summed E-state index contributed by atoms with van der Waals surface area (Å²) in [5.41, 5.74) is -1.43. The monoisotopic (exact) mass is 250 g/mol. The molecular formula is C8H3F6LiNO. The third-order valence-corrected chi connectivity index (χ3v) is 1.56. The van der Waals surface area contributed by atoms with Crippen LogP contribution in [0, 0.1) is 11.6 Å². The van der Waals surface area contributed by atoms with Gasteiger partial charge in [-0.2, -0.15) is 13.2 Å². The summed E-state index contributed by atoms with van der Waals surface area (Å²) in [7, 11) is 0. The average Bonchev–Trinajstić information content (AvgIpc) is 2.18. The predicted octanol–water partition coefficient (Wildman–Crippen LogP) is 2.36. The van der Waals surface area contributed by atoms with Crippen LogP contribution in [0.3, 0.4) is 0 Å². The van der Waals surface area contributed by atoms with Gasteiger partial charge in [0.1, 0.15) is 5.69 Å². The number of carbonyl (C=O) groups is 1. The maximum Gasteiger partial charge on any atom is 0.474 e. The van der Waals surface area contributed by atoms with Gasteiger partial charge in [0.05, 0.1) is 0 Å². The number of benzene rings is 1. The van der Waals surface area contributed by atoms with Crippen LogP contribution < -0.4 is 5.12 Å². The molecule has 1 aromatic rings. The largest absolute Gasteiger partial charge is 0.474 e. The number of alkyl halides is 3. The summed E-state index contributed by atoms with van der Waals surface area (Å²) in [6.07, 6.45) is -5.51. The van der Waals surface area contributed by atoms with Crippen molar-refractivity contribution in [1.29, 1.82) is 0 Å². The fraction of sp³-hybridized carbons (Fsp3) is 0.125. The van der Waals surface area contributed by atoms with Gasteiger partial charge in [0.15, 0.2) is 11.6 Å². The first-order valence-corrected chi connectivity index (χ1v) is 3.76. The van der Waals surface area contributed by atoms with Gasteiger partial charge in [0, 0.05) is 18.9 Å². The van der Waals surface area contributed by atoms with Crippen molar-refractivity contribution in [2.75, 3.05) is 5.12 Å². The molecule has 0 heterocycles. The summed E-state index contributed by atoms with van der Waals surface area (Å²) in [5.74, 6) is -6.37. The summed E-state index contributed by atoms with van der Waals surface area (Å²) < 4.78 is 73.5. The quantitative estimate of drug-likeness (QED) is 0.425. The Bertz CT molecular complexity index is 421. The van der Waals surface area contributed by atoms with E-state index in [2.05, 4.69) is 0 Å². The van der Waals surface area contributed by atoms with Crippen LogP contribution in [0.4, 0.5) is 32.1 Å². The van der Waals surface area contributed by atoms with Crippen molar-refractivity contribution in [3.63, 3.8) is 0 Å². The van der Waals surface area contributed by atoms with Crippen molar-refractivity contribution in [3.8, 4) is 0 Å². The number of rotatable bonds is 1. The minimum Gasteiger partial charge on any atom is -0.261 e. The molecule has 0 atom stereocenters. The minimum absolute atomic E-state index is 0. The van der Waals surface area contributed by atoms with Gasteiger partial charge in [-0.3, -0.25) is 4.79 Å². The number of hydrogen-bond acceptors (Lipinski definition) is 1. The van der Waals surface area contributed by atoms with Gasteiger partial charge in [-0.15, -0.1) is 5.12 Å². The normalized spacial score (nSPS) is 10.7. The van der Waals surface area contributed by atoms with E-state index in [0.717, 1.165) is 6.07 Å². The predicted molar refractivity (Wildman–Crippen MR) is 46.8 cm³/mol. The smallest absolute Gasteiger partial charge is 0.261 e. The second-order valence-corrected chi connectivity index (χ2v) is 2.66. The van der Waals surface area contributed by atoms with Crippen LogP contribution in [0.1, 0.15) is 0 Å². The van der Waals surface area contributed by atoms with Crippen molar-refractivity contribution < 1.29 is 31.2 Å². The van der Waals surface area contributed by atoms with Crippen LogP contribution in [0.5, 0.6) is 0 Å². The molecule has 0 aliphatic rings. The van der Waals surface area contributed by atoms with Gasteiger partial charge in [-0.05, 0) is 12.1 Å². The van der Waals surface area contributed by atoms with E-state index in [9.17, 15) is 31.2 Å². The summed E-state index contributed by atoms with van der Waals surface area (Å²) in [6, 6.07) is 1.84. The molecule has 0 fully saturated rings. The number of amides is 1. The van der Waals surface area contributed by atoms with E-state index in [1.807, 2.05) is 0 Å². The first kappa shape index (κ1) is 15.9. The maximum atomic E-state index is 12.8. The molecule has 1 aromatic carbocycles. The molecule has 2 nitrogen and oxygen atoms in total. The van der Waals surface area contributed by atoms with Crippen LogP contribution in [0.25, 0.3) is 0 Å². The maximum absolute atomic E-state index is 12.8. The van der Waals surface area contributed by atoms with Crippen molar-refractivity contribution in [2.24, 2.45) is 0 Å². The van der Waals surface area contributed by atoms with E-state index >= 15 is 0 Å². The molecule has 0 saturated heterocycles. The molecule has 0 spiro atoms. The number of halogens is 6. The number of carbonyl (C=O) groups excluding carboxylic acids is 1. The van der Waals surface area contributed by atoms with Gasteiger partial charge >= 0.3 is 12.1 Å². The number of hydrogen-bond donors (Lipinski definition) is 0. The van der Waals surface area contributed by atoms with Crippen LogP contribution in [-0.4, -0.2) is 30.9 Å². The van der Waals surface area contributed by atoms with E-state index in [1.165, 1.54) is 0 Å². The Morgan fingerprint density at radius 1 is 1.18 bits per heavy atom. The van der Waals surface area contributed by atoms with Crippen LogP contribution >= 0.6 is 0 Å². The van der Waals surface area contributed by atoms with Crippen LogP contribution in [-0.2, 0) is 4.79 Å². The van der Waals surface area contributed by atoms with Gasteiger partial charge in [-0.25, -0.2) is 8.78 Å². The molecule has 0 aliphatic carbocycles. The molecule has 0 saturated carbocycles. The van der Waals surface area contributed by atoms with Gasteiger partial charge in [-0.1, -0.05) is 10.5 Å². The Labute approximate surface area is 103 Å². The van der Waals surface area contributed by atoms with E-state index in [0.29, 0.717) is 12.1 Å². The first-order valence-electron chi connectivity index (χ1n) is 3.76. The minimum atomic E-state index is -5.51. The van der Waals surface area contributed by atoms with E-state index < -0.39 is 34.5 Å². The van der Waals surface area contributed by atoms with E-state index in [-0.39, 0.29) is 18.9 Å². The molecule has 0 aromatic heterocycles. The Kier molecular flexibility index (Phi) is 5.10. The van der Waals surface area contributed by atoms with Gasteiger partial charge in [0.2, 0.25) is 0 Å². The molecule has 0 N–H and O–H groups in total. The molecular weight excluding hydrogens is 247 g/mol. The third kappa shape index (κ3) is 3.41. The Morgan fingerprint density at radius 2 is 1.71 bits per heavy atom. The van der Waals surface area contributed by atoms with Crippen LogP contribution in [0.15, 0.2) is 18.2 Å². The number of anilines is 1. The fourth-order valence-corrected chi connectivity index (χ4v) is 0.865. The molecule has 89 valence electrons. The van der Waals surface area contributed by atoms with Crippen LogP contribution in [0.2, 0.25) is 0 Å². The molecule has 0 bridgehead atoms. The summed E-state index contributed by atoms with van der Waals surface area (Å²) in [5, 5.41) is -1.49. The van der Waals surface area contributed by atoms with E-state index in [4.69, 9.17) is 0 Å². The molecule has 0 unspecified atom stereocenters. The molecule has 1 amide bonds. The molecule has 1 radical (unpaired) electrons. The Morgan fingerprint density at radius 3 is 2.18 bits per heavy atom. The summed E-state index contributed by atoms with van der Waals surface area (Å²) in [6.45, 7) is 0. The Hall–Kier alpha value is -1.13. The van der Waals surface area contributed by atoms with Crippen molar-refractivity contribution >= 4 is 30.5 Å². The second kappa shape index (κ2) is 5.47. The third-order valence-electron chi connectivity index (χ3n) is 1.56. The van der Waals surface area contributed by atoms with Gasteiger partial charge < -0.3 is 0 Å². The molecule has 17 heavy (non-hydrogen) atoms. The summed E-state index contributed by atoms with van der Waals surface area (Å²) in [4.78, 5) is 10.4. The first-order chi connectivity index (χ1) is 7.25. The second-order valence-electron chi connectivity index (χ2n) is 2.66. The van der Waals surface area contributed by atoms with Crippen molar-refractivity contribution in [3.05, 3.63) is 29.8 Å². The zero-order valence-electron chi connectivity index (χ0n) is 8.36. The standard InChI is InChI=1S/C8H3F6NO.Li/c9-4-2-1-3-5(6(4)10)15(14)7(16)8(11,12)13;/h1-3H;. The van der Waals surface area contributed by atoms with Crippen molar-refractivity contribution in [1.82, 2.24) is 0 Å². The zero-order valence-corrected chi connectivity index (χ0v) is 8.36. The molecule has 0 aliphatic heterocycles. The Balaban J connectivity index is 0.00000256. The molecule has 9 heteroatoms. The van der Waals surface area contributed by atoms with Crippen molar-refractivity contribution in [2.45, 2.75) is 6.18 Å². The topological polar surface area (TPSA) is 20.3 Å². The number of nitrogens with zero attached hydrogens (tertiary/aromatic N) is 1. The average molecular weight is 250 g/mol. The fourth-order valence-electron chi connectivity index (χ4n) is 0.865. The SMILES string of the molecule is O=C(N(F)c1cccc(F)c1F)C(F)(F)F.[Li]. The van der Waals surface area contributed by atoms with Gasteiger partial charge in [0.25, 0.3) is 0 Å².